The summed E-state index contributed by atoms with van der Waals surface area (Å²) in [6, 6.07) is 27.8. The number of hydrogen-bond acceptors (Lipinski definition) is 6. The lowest BCUT2D eigenvalue weighted by molar-refractivity contribution is -0.136. The second-order valence-electron chi connectivity index (χ2n) is 8.64. The Labute approximate surface area is 219 Å². The molecule has 0 amide bonds. The average Bonchev–Trinajstić information content (AvgIpc) is 3.51. The highest BCUT2D eigenvalue weighted by molar-refractivity contribution is 7.15. The second kappa shape index (κ2) is 11.2. The van der Waals surface area contributed by atoms with Gasteiger partial charge >= 0.3 is 5.97 Å². The number of aryl methyl sites for hydroxylation is 2. The minimum atomic E-state index is -0.818. The van der Waals surface area contributed by atoms with Crippen LogP contribution >= 0.6 is 11.3 Å². The van der Waals surface area contributed by atoms with Crippen molar-refractivity contribution < 1.29 is 19.1 Å². The van der Waals surface area contributed by atoms with E-state index < -0.39 is 5.97 Å². The molecule has 0 saturated carbocycles. The SMILES string of the molecule is Cc1oc(-c2ccccc2)nc1COc1ccc(Cc2nc(CCC(=O)O)c(-c3ccccc3)s2)cc1. The van der Waals surface area contributed by atoms with Crippen LogP contribution in [0, 0.1) is 6.92 Å². The summed E-state index contributed by atoms with van der Waals surface area (Å²) >= 11 is 1.62. The fraction of sp³-hybridized carbons (Fsp3) is 0.167. The third-order valence-electron chi connectivity index (χ3n) is 5.92. The van der Waals surface area contributed by atoms with Crippen molar-refractivity contribution in [2.75, 3.05) is 0 Å². The van der Waals surface area contributed by atoms with Crippen LogP contribution in [-0.4, -0.2) is 21.0 Å². The van der Waals surface area contributed by atoms with E-state index >= 15 is 0 Å². The standard InChI is InChI=1S/C30H26N2O4S/c1-20-26(32-30(36-20)23-10-6-3-7-11-23)19-35-24-14-12-21(13-15-24)18-27-31-25(16-17-28(33)34)29(37-27)22-8-4-2-5-9-22/h2-15H,16-19H2,1H3,(H,33,34). The van der Waals surface area contributed by atoms with Crippen molar-refractivity contribution in [3.8, 4) is 27.6 Å². The summed E-state index contributed by atoms with van der Waals surface area (Å²) in [5.41, 5.74) is 4.72. The van der Waals surface area contributed by atoms with Gasteiger partial charge in [0.2, 0.25) is 5.89 Å². The number of ether oxygens (including phenoxy) is 1. The summed E-state index contributed by atoms with van der Waals surface area (Å²) < 4.78 is 11.8. The highest BCUT2D eigenvalue weighted by Crippen LogP contribution is 2.32. The minimum Gasteiger partial charge on any atom is -0.487 e. The van der Waals surface area contributed by atoms with Gasteiger partial charge in [0.1, 0.15) is 23.8 Å². The molecule has 0 unspecified atom stereocenters. The fourth-order valence-corrected chi connectivity index (χ4v) is 5.13. The number of benzene rings is 3. The molecule has 6 nitrogen and oxygen atoms in total. The van der Waals surface area contributed by atoms with E-state index in [2.05, 4.69) is 4.98 Å². The molecule has 0 radical (unpaired) electrons. The van der Waals surface area contributed by atoms with Gasteiger partial charge in [-0.1, -0.05) is 60.7 Å². The third kappa shape index (κ3) is 6.13. The Hall–Kier alpha value is -4.23. The minimum absolute atomic E-state index is 0.0624. The number of carboxylic acids is 1. The largest absolute Gasteiger partial charge is 0.487 e. The van der Waals surface area contributed by atoms with Crippen LogP contribution in [0.4, 0.5) is 0 Å². The third-order valence-corrected chi connectivity index (χ3v) is 7.07. The van der Waals surface area contributed by atoms with Gasteiger partial charge in [0, 0.05) is 18.4 Å². The van der Waals surface area contributed by atoms with Crippen LogP contribution in [0.15, 0.2) is 89.3 Å². The summed E-state index contributed by atoms with van der Waals surface area (Å²) in [5, 5.41) is 10.1. The van der Waals surface area contributed by atoms with Gasteiger partial charge < -0.3 is 14.3 Å². The van der Waals surface area contributed by atoms with Crippen LogP contribution in [-0.2, 0) is 24.2 Å². The first-order valence-electron chi connectivity index (χ1n) is 12.0. The van der Waals surface area contributed by atoms with E-state index in [0.717, 1.165) is 49.5 Å². The highest BCUT2D eigenvalue weighted by atomic mass is 32.1. The first-order valence-corrected chi connectivity index (χ1v) is 12.9. The van der Waals surface area contributed by atoms with Gasteiger partial charge in [-0.25, -0.2) is 9.97 Å². The number of thiazole rings is 1. The number of hydrogen-bond donors (Lipinski definition) is 1. The molecule has 1 N–H and O–H groups in total. The molecule has 0 saturated heterocycles. The lowest BCUT2D eigenvalue weighted by Crippen LogP contribution is -1.99. The normalized spacial score (nSPS) is 10.9. The maximum atomic E-state index is 11.1. The lowest BCUT2D eigenvalue weighted by atomic mass is 10.1. The maximum Gasteiger partial charge on any atom is 0.303 e. The first-order chi connectivity index (χ1) is 18.0. The number of carbonyl (C=O) groups is 1. The zero-order chi connectivity index (χ0) is 25.6. The molecular formula is C30H26N2O4S. The predicted octanol–water partition coefficient (Wildman–Crippen LogP) is 6.96. The van der Waals surface area contributed by atoms with E-state index in [9.17, 15) is 4.79 Å². The number of carboxylic acid groups (broad SMARTS) is 1. The van der Waals surface area contributed by atoms with Crippen molar-refractivity contribution in [2.24, 2.45) is 0 Å². The molecule has 0 fully saturated rings. The summed E-state index contributed by atoms with van der Waals surface area (Å²) in [7, 11) is 0. The smallest absolute Gasteiger partial charge is 0.303 e. The fourth-order valence-electron chi connectivity index (χ4n) is 3.98. The molecule has 7 heteroatoms. The molecule has 5 rings (SSSR count). The Bertz CT molecular complexity index is 1480. The number of rotatable bonds is 10. The monoisotopic (exact) mass is 510 g/mol. The summed E-state index contributed by atoms with van der Waals surface area (Å²) in [6.45, 7) is 2.21. The average molecular weight is 511 g/mol. The first kappa shape index (κ1) is 24.5. The predicted molar refractivity (Wildman–Crippen MR) is 144 cm³/mol. The van der Waals surface area contributed by atoms with Gasteiger partial charge in [0.05, 0.1) is 22.0 Å². The van der Waals surface area contributed by atoms with Crippen LogP contribution in [0.25, 0.3) is 21.9 Å². The van der Waals surface area contributed by atoms with Crippen LogP contribution in [0.5, 0.6) is 5.75 Å². The van der Waals surface area contributed by atoms with Gasteiger partial charge in [-0.15, -0.1) is 11.3 Å². The van der Waals surface area contributed by atoms with Crippen molar-refractivity contribution in [3.63, 3.8) is 0 Å². The molecule has 0 bridgehead atoms. The van der Waals surface area contributed by atoms with Crippen molar-refractivity contribution in [1.82, 2.24) is 9.97 Å². The van der Waals surface area contributed by atoms with Crippen LogP contribution < -0.4 is 4.74 Å². The van der Waals surface area contributed by atoms with E-state index in [4.69, 9.17) is 19.2 Å². The van der Waals surface area contributed by atoms with Crippen LogP contribution in [0.2, 0.25) is 0 Å². The molecule has 3 aromatic carbocycles. The van der Waals surface area contributed by atoms with Crippen molar-refractivity contribution in [2.45, 2.75) is 32.8 Å². The summed E-state index contributed by atoms with van der Waals surface area (Å²) in [4.78, 5) is 21.6. The van der Waals surface area contributed by atoms with Crippen molar-refractivity contribution >= 4 is 17.3 Å². The second-order valence-corrected chi connectivity index (χ2v) is 9.72. The summed E-state index contributed by atoms with van der Waals surface area (Å²) in [5.74, 6) is 1.26. The van der Waals surface area contributed by atoms with Gasteiger partial charge in [0.25, 0.3) is 0 Å². The van der Waals surface area contributed by atoms with Gasteiger partial charge in [0.15, 0.2) is 0 Å². The number of aromatic nitrogens is 2. The lowest BCUT2D eigenvalue weighted by Gasteiger charge is -2.05. The molecule has 0 aliphatic heterocycles. The Kier molecular flexibility index (Phi) is 7.42. The molecule has 0 aliphatic carbocycles. The molecule has 2 aromatic heterocycles. The van der Waals surface area contributed by atoms with E-state index in [1.165, 1.54) is 0 Å². The van der Waals surface area contributed by atoms with Crippen molar-refractivity contribution in [1.29, 1.82) is 0 Å². The van der Waals surface area contributed by atoms with E-state index in [1.807, 2.05) is 91.9 Å². The number of aliphatic carboxylic acids is 1. The molecule has 0 spiro atoms. The Balaban J connectivity index is 1.25. The Morgan fingerprint density at radius 1 is 0.892 bits per heavy atom. The molecular weight excluding hydrogens is 484 g/mol. The maximum absolute atomic E-state index is 11.1. The molecule has 186 valence electrons. The number of nitrogens with zero attached hydrogens (tertiary/aromatic N) is 2. The van der Waals surface area contributed by atoms with Gasteiger partial charge in [-0.2, -0.15) is 0 Å². The summed E-state index contributed by atoms with van der Waals surface area (Å²) in [6.07, 6.45) is 1.14. The van der Waals surface area contributed by atoms with E-state index in [1.54, 1.807) is 11.3 Å². The molecule has 2 heterocycles. The topological polar surface area (TPSA) is 85.5 Å². The van der Waals surface area contributed by atoms with Gasteiger partial charge in [-0.05, 0) is 42.3 Å². The molecule has 37 heavy (non-hydrogen) atoms. The molecule has 0 atom stereocenters. The zero-order valence-electron chi connectivity index (χ0n) is 20.4. The Morgan fingerprint density at radius 3 is 2.24 bits per heavy atom. The molecule has 5 aromatic rings. The van der Waals surface area contributed by atoms with E-state index in [0.29, 0.717) is 25.3 Å². The van der Waals surface area contributed by atoms with Crippen LogP contribution in [0.1, 0.15) is 34.1 Å². The quantitative estimate of drug-likeness (QED) is 0.219. The molecule has 0 aliphatic rings. The number of oxazole rings is 1. The zero-order valence-corrected chi connectivity index (χ0v) is 21.2. The van der Waals surface area contributed by atoms with Crippen LogP contribution in [0.3, 0.4) is 0 Å². The van der Waals surface area contributed by atoms with Gasteiger partial charge in [-0.3, -0.25) is 4.79 Å². The van der Waals surface area contributed by atoms with E-state index in [-0.39, 0.29) is 6.42 Å². The van der Waals surface area contributed by atoms with Crippen molar-refractivity contribution in [3.05, 3.63) is 113 Å². The highest BCUT2D eigenvalue weighted by Gasteiger charge is 2.15. The Morgan fingerprint density at radius 2 is 1.57 bits per heavy atom.